The fourth-order valence-electron chi connectivity index (χ4n) is 3.42. The first-order valence-electron chi connectivity index (χ1n) is 10.9. The third-order valence-corrected chi connectivity index (χ3v) is 6.16. The molecule has 0 aromatic heterocycles. The number of nitrogens with one attached hydrogen (secondary N) is 2. The van der Waals surface area contributed by atoms with Gasteiger partial charge in [-0.25, -0.2) is 0 Å². The highest BCUT2D eigenvalue weighted by molar-refractivity contribution is 8.13. The van der Waals surface area contributed by atoms with Gasteiger partial charge in [0.1, 0.15) is 0 Å². The van der Waals surface area contributed by atoms with Gasteiger partial charge in [-0.3, -0.25) is 10.2 Å². The molecule has 166 valence electrons. The molecule has 0 aliphatic heterocycles. The normalized spacial score (nSPS) is 11.8. The van der Waals surface area contributed by atoms with E-state index in [2.05, 4.69) is 56.9 Å². The molecule has 1 unspecified atom stereocenters. The summed E-state index contributed by atoms with van der Waals surface area (Å²) in [6.45, 7) is 10.2. The zero-order chi connectivity index (χ0) is 22.8. The van der Waals surface area contributed by atoms with Crippen LogP contribution in [0, 0.1) is 11.3 Å². The van der Waals surface area contributed by atoms with Gasteiger partial charge in [0.2, 0.25) is 0 Å². The van der Waals surface area contributed by atoms with E-state index in [4.69, 9.17) is 5.41 Å². The van der Waals surface area contributed by atoms with Crippen molar-refractivity contribution in [3.63, 3.8) is 0 Å². The average Bonchev–Trinajstić information content (AvgIpc) is 2.77. The minimum absolute atomic E-state index is 0.0179. The number of carbonyl (C=O) groups is 1. The van der Waals surface area contributed by atoms with Crippen LogP contribution in [0.5, 0.6) is 0 Å². The van der Waals surface area contributed by atoms with E-state index in [1.807, 2.05) is 31.3 Å². The lowest BCUT2D eigenvalue weighted by atomic mass is 9.95. The van der Waals surface area contributed by atoms with Crippen LogP contribution in [-0.2, 0) is 12.2 Å². The third kappa shape index (κ3) is 7.59. The predicted octanol–water partition coefficient (Wildman–Crippen LogP) is 6.40. The number of amidine groups is 1. The Bertz CT molecular complexity index is 879. The molecule has 2 N–H and O–H groups in total. The quantitative estimate of drug-likeness (QED) is 0.334. The fraction of sp³-hybridized carbons (Fsp3) is 0.385. The molecule has 0 radical (unpaired) electrons. The van der Waals surface area contributed by atoms with Gasteiger partial charge < -0.3 is 10.2 Å². The molecule has 1 amide bonds. The van der Waals surface area contributed by atoms with Crippen molar-refractivity contribution in [2.75, 3.05) is 7.05 Å². The summed E-state index contributed by atoms with van der Waals surface area (Å²) in [6.07, 6.45) is 4.36. The highest BCUT2D eigenvalue weighted by Gasteiger charge is 2.19. The molecule has 0 aliphatic rings. The van der Waals surface area contributed by atoms with Gasteiger partial charge in [-0.1, -0.05) is 88.0 Å². The predicted molar refractivity (Wildman–Crippen MR) is 134 cm³/mol. The summed E-state index contributed by atoms with van der Waals surface area (Å²) in [7, 11) is 1.81. The summed E-state index contributed by atoms with van der Waals surface area (Å²) in [5.74, 6) is 1.08. The molecule has 2 rings (SSSR count). The van der Waals surface area contributed by atoms with Gasteiger partial charge in [-0.15, -0.1) is 0 Å². The van der Waals surface area contributed by atoms with Crippen molar-refractivity contribution in [1.82, 2.24) is 10.2 Å². The van der Waals surface area contributed by atoms with E-state index in [0.29, 0.717) is 16.8 Å². The molecule has 1 atom stereocenters. The smallest absolute Gasteiger partial charge is 0.252 e. The Balaban J connectivity index is 2.24. The van der Waals surface area contributed by atoms with Crippen LogP contribution in [0.15, 0.2) is 61.3 Å². The third-order valence-electron chi connectivity index (χ3n) is 5.12. The van der Waals surface area contributed by atoms with Crippen LogP contribution in [0.4, 0.5) is 0 Å². The van der Waals surface area contributed by atoms with Crippen molar-refractivity contribution >= 4 is 22.8 Å². The van der Waals surface area contributed by atoms with Gasteiger partial charge in [-0.05, 0) is 47.7 Å². The van der Waals surface area contributed by atoms with Gasteiger partial charge in [0, 0.05) is 18.4 Å². The molecule has 0 heterocycles. The lowest BCUT2D eigenvalue weighted by molar-refractivity contribution is 0.0931. The number of hydrogen-bond acceptors (Lipinski definition) is 3. The monoisotopic (exact) mass is 437 g/mol. The van der Waals surface area contributed by atoms with Crippen LogP contribution in [0.1, 0.15) is 66.7 Å². The largest absolute Gasteiger partial charge is 0.345 e. The number of aryl methyl sites for hydroxylation is 1. The highest BCUT2D eigenvalue weighted by Crippen LogP contribution is 2.24. The van der Waals surface area contributed by atoms with Crippen molar-refractivity contribution in [1.29, 1.82) is 5.41 Å². The maximum absolute atomic E-state index is 13.4. The molecule has 0 saturated carbocycles. The van der Waals surface area contributed by atoms with E-state index in [-0.39, 0.29) is 11.9 Å². The molecule has 31 heavy (non-hydrogen) atoms. The Kier molecular flexibility index (Phi) is 9.86. The first-order valence-corrected chi connectivity index (χ1v) is 11.9. The van der Waals surface area contributed by atoms with E-state index < -0.39 is 0 Å². The SMILES string of the molecule is C=CN(C)C(=N)SCc1ccc(CCC)c(C(=O)NC(CC(C)C)c2ccccc2)c1. The zero-order valence-electron chi connectivity index (χ0n) is 19.2. The van der Waals surface area contributed by atoms with Gasteiger partial charge in [0.05, 0.1) is 6.04 Å². The molecule has 0 fully saturated rings. The number of rotatable bonds is 10. The molecule has 2 aromatic rings. The summed E-state index contributed by atoms with van der Waals surface area (Å²) >= 11 is 1.43. The topological polar surface area (TPSA) is 56.2 Å². The minimum Gasteiger partial charge on any atom is -0.345 e. The highest BCUT2D eigenvalue weighted by atomic mass is 32.2. The molecule has 2 aromatic carbocycles. The van der Waals surface area contributed by atoms with Crippen LogP contribution in [0.2, 0.25) is 0 Å². The van der Waals surface area contributed by atoms with Crippen molar-refractivity contribution in [3.05, 3.63) is 83.6 Å². The Hall–Kier alpha value is -2.53. The van der Waals surface area contributed by atoms with Gasteiger partial charge in [0.25, 0.3) is 5.91 Å². The summed E-state index contributed by atoms with van der Waals surface area (Å²) in [5, 5.41) is 11.8. The zero-order valence-corrected chi connectivity index (χ0v) is 20.0. The Morgan fingerprint density at radius 1 is 1.23 bits per heavy atom. The number of carbonyl (C=O) groups excluding carboxylic acids is 1. The summed E-state index contributed by atoms with van der Waals surface area (Å²) in [6, 6.07) is 16.3. The maximum Gasteiger partial charge on any atom is 0.252 e. The van der Waals surface area contributed by atoms with Crippen LogP contribution in [-0.4, -0.2) is 23.0 Å². The van der Waals surface area contributed by atoms with E-state index in [1.54, 1.807) is 11.1 Å². The van der Waals surface area contributed by atoms with E-state index in [0.717, 1.165) is 41.5 Å². The van der Waals surface area contributed by atoms with Crippen LogP contribution in [0.25, 0.3) is 0 Å². The van der Waals surface area contributed by atoms with E-state index >= 15 is 0 Å². The number of benzene rings is 2. The lowest BCUT2D eigenvalue weighted by Crippen LogP contribution is -2.30. The number of thioether (sulfide) groups is 1. The van der Waals surface area contributed by atoms with Crippen LogP contribution >= 0.6 is 11.8 Å². The number of amides is 1. The Labute approximate surface area is 191 Å². The first-order chi connectivity index (χ1) is 14.8. The van der Waals surface area contributed by atoms with Crippen LogP contribution < -0.4 is 5.32 Å². The van der Waals surface area contributed by atoms with E-state index in [9.17, 15) is 4.79 Å². The number of nitrogens with zero attached hydrogens (tertiary/aromatic N) is 1. The number of hydrogen-bond donors (Lipinski definition) is 2. The molecule has 0 aliphatic carbocycles. The molecular weight excluding hydrogens is 402 g/mol. The second kappa shape index (κ2) is 12.4. The molecule has 0 spiro atoms. The average molecular weight is 438 g/mol. The molecule has 0 bridgehead atoms. The first kappa shape index (κ1) is 24.7. The standard InChI is InChI=1S/C26H35N3OS/c1-6-11-21-15-14-20(18-31-26(27)29(5)7-2)17-23(21)25(30)28-24(16-19(3)4)22-12-9-8-10-13-22/h7-10,12-15,17,19,24,27H,2,6,11,16,18H2,1,3-5H3,(H,28,30). The van der Waals surface area contributed by atoms with E-state index in [1.165, 1.54) is 11.8 Å². The maximum atomic E-state index is 13.4. The Morgan fingerprint density at radius 3 is 2.55 bits per heavy atom. The second-order valence-electron chi connectivity index (χ2n) is 8.20. The molecule has 0 saturated heterocycles. The minimum atomic E-state index is -0.0249. The molecule has 4 nitrogen and oxygen atoms in total. The molecule has 5 heteroatoms. The summed E-state index contributed by atoms with van der Waals surface area (Å²) in [5.41, 5.74) is 3.99. The lowest BCUT2D eigenvalue weighted by Gasteiger charge is -2.22. The van der Waals surface area contributed by atoms with Gasteiger partial charge >= 0.3 is 0 Å². The van der Waals surface area contributed by atoms with Crippen molar-refractivity contribution in [3.8, 4) is 0 Å². The van der Waals surface area contributed by atoms with Crippen molar-refractivity contribution in [2.24, 2.45) is 5.92 Å². The van der Waals surface area contributed by atoms with Gasteiger partial charge in [0.15, 0.2) is 5.17 Å². The van der Waals surface area contributed by atoms with Gasteiger partial charge in [-0.2, -0.15) is 0 Å². The summed E-state index contributed by atoms with van der Waals surface area (Å²) in [4.78, 5) is 15.0. The fourth-order valence-corrected chi connectivity index (χ4v) is 4.18. The second-order valence-corrected chi connectivity index (χ2v) is 9.16. The molecular formula is C26H35N3OS. The summed E-state index contributed by atoms with van der Waals surface area (Å²) < 4.78 is 0. The Morgan fingerprint density at radius 2 is 1.94 bits per heavy atom. The van der Waals surface area contributed by atoms with Crippen LogP contribution in [0.3, 0.4) is 0 Å². The van der Waals surface area contributed by atoms with Crippen molar-refractivity contribution in [2.45, 2.75) is 51.8 Å². The van der Waals surface area contributed by atoms with Crippen molar-refractivity contribution < 1.29 is 4.79 Å².